The van der Waals surface area contributed by atoms with Crippen LogP contribution in [0.4, 0.5) is 13.6 Å². The maximum absolute atomic E-state index is 12.6. The Morgan fingerprint density at radius 3 is 2.54 bits per heavy atom. The Morgan fingerprint density at radius 2 is 1.96 bits per heavy atom. The zero-order chi connectivity index (χ0) is 17.9. The summed E-state index contributed by atoms with van der Waals surface area (Å²) in [5.74, 6) is -0.767. The first-order valence-corrected chi connectivity index (χ1v) is 6.86. The number of alkyl halides is 2. The van der Waals surface area contributed by atoms with Crippen molar-refractivity contribution in [1.29, 1.82) is 0 Å². The van der Waals surface area contributed by atoms with E-state index in [1.54, 1.807) is 0 Å². The molecule has 7 nitrogen and oxygen atoms in total. The third kappa shape index (κ3) is 3.55. The summed E-state index contributed by atoms with van der Waals surface area (Å²) in [6.45, 7) is -1.51. The molecular weight excluding hydrogens is 326 g/mol. The van der Waals surface area contributed by atoms with Gasteiger partial charge in [-0.3, -0.25) is 0 Å². The summed E-state index contributed by atoms with van der Waals surface area (Å²) >= 11 is 0. The molecule has 130 valence electrons. The van der Waals surface area contributed by atoms with Crippen LogP contribution in [-0.2, 0) is 9.53 Å². The third-order valence-corrected chi connectivity index (χ3v) is 3.41. The number of urea groups is 1. The molecule has 0 aromatic heterocycles. The maximum Gasteiger partial charge on any atom is 0.387 e. The van der Waals surface area contributed by atoms with Crippen molar-refractivity contribution in [2.75, 3.05) is 14.2 Å². The predicted molar refractivity (Wildman–Crippen MR) is 78.8 cm³/mol. The standard InChI is InChI=1S/C15H16F2N2O5/c1-7-11(13(20)23-3)12(19-15(21)18-7)8-4-5-9(22-2)10(6-8)24-14(16)17/h4-6,12,14H,1-3H3,(H2,18,19,21)/t12-/m0/s1. The zero-order valence-electron chi connectivity index (χ0n) is 13.2. The number of ether oxygens (including phenoxy) is 3. The van der Waals surface area contributed by atoms with Crippen LogP contribution >= 0.6 is 0 Å². The van der Waals surface area contributed by atoms with Gasteiger partial charge in [-0.1, -0.05) is 6.07 Å². The molecule has 2 rings (SSSR count). The summed E-state index contributed by atoms with van der Waals surface area (Å²) < 4.78 is 39.2. The number of allylic oxidation sites excluding steroid dienone is 1. The highest BCUT2D eigenvalue weighted by molar-refractivity contribution is 5.94. The molecule has 1 atom stereocenters. The van der Waals surface area contributed by atoms with Gasteiger partial charge in [0.25, 0.3) is 0 Å². The lowest BCUT2D eigenvalue weighted by Gasteiger charge is -2.28. The van der Waals surface area contributed by atoms with Gasteiger partial charge in [0.2, 0.25) is 0 Å². The van der Waals surface area contributed by atoms with Crippen molar-refractivity contribution < 1.29 is 32.6 Å². The van der Waals surface area contributed by atoms with Crippen molar-refractivity contribution in [3.05, 3.63) is 35.0 Å². The van der Waals surface area contributed by atoms with Crippen molar-refractivity contribution in [1.82, 2.24) is 10.6 Å². The van der Waals surface area contributed by atoms with Crippen LogP contribution in [0.25, 0.3) is 0 Å². The molecule has 1 aliphatic heterocycles. The highest BCUT2D eigenvalue weighted by atomic mass is 19.3. The third-order valence-electron chi connectivity index (χ3n) is 3.41. The van der Waals surface area contributed by atoms with E-state index in [1.807, 2.05) is 0 Å². The molecule has 0 saturated carbocycles. The molecule has 0 unspecified atom stereocenters. The number of methoxy groups -OCH3 is 2. The van der Waals surface area contributed by atoms with E-state index in [-0.39, 0.29) is 17.1 Å². The molecule has 0 aliphatic carbocycles. The number of nitrogens with one attached hydrogen (secondary N) is 2. The highest BCUT2D eigenvalue weighted by Gasteiger charge is 2.32. The second-order valence-electron chi connectivity index (χ2n) is 4.85. The molecule has 1 aromatic carbocycles. The summed E-state index contributed by atoms with van der Waals surface area (Å²) in [7, 11) is 2.51. The van der Waals surface area contributed by atoms with Gasteiger partial charge in [0, 0.05) is 5.70 Å². The number of hydrogen-bond acceptors (Lipinski definition) is 5. The molecule has 0 saturated heterocycles. The largest absolute Gasteiger partial charge is 0.493 e. The molecule has 24 heavy (non-hydrogen) atoms. The van der Waals surface area contributed by atoms with E-state index in [1.165, 1.54) is 39.3 Å². The molecule has 1 heterocycles. The van der Waals surface area contributed by atoms with E-state index in [0.29, 0.717) is 11.3 Å². The fourth-order valence-electron chi connectivity index (χ4n) is 2.39. The molecular formula is C15H16F2N2O5. The minimum absolute atomic E-state index is 0.0969. The predicted octanol–water partition coefficient (Wildman–Crippen LogP) is 2.10. The van der Waals surface area contributed by atoms with E-state index >= 15 is 0 Å². The second kappa shape index (κ2) is 7.16. The van der Waals surface area contributed by atoms with Crippen LogP contribution in [0.2, 0.25) is 0 Å². The van der Waals surface area contributed by atoms with E-state index in [2.05, 4.69) is 15.4 Å². The summed E-state index contributed by atoms with van der Waals surface area (Å²) in [6, 6.07) is 2.81. The van der Waals surface area contributed by atoms with Crippen LogP contribution in [-0.4, -0.2) is 32.8 Å². The first-order valence-electron chi connectivity index (χ1n) is 6.86. The zero-order valence-corrected chi connectivity index (χ0v) is 13.2. The van der Waals surface area contributed by atoms with Gasteiger partial charge in [0.1, 0.15) is 0 Å². The van der Waals surface area contributed by atoms with Crippen LogP contribution in [0.15, 0.2) is 29.5 Å². The minimum Gasteiger partial charge on any atom is -0.493 e. The molecule has 0 radical (unpaired) electrons. The summed E-state index contributed by atoms with van der Waals surface area (Å²) in [5.41, 5.74) is 0.828. The Morgan fingerprint density at radius 1 is 1.25 bits per heavy atom. The Hall–Kier alpha value is -2.84. The molecule has 0 bridgehead atoms. The summed E-state index contributed by atoms with van der Waals surface area (Å²) in [6.07, 6.45) is 0. The summed E-state index contributed by atoms with van der Waals surface area (Å²) in [4.78, 5) is 23.7. The van der Waals surface area contributed by atoms with Gasteiger partial charge in [-0.05, 0) is 24.6 Å². The quantitative estimate of drug-likeness (QED) is 0.801. The number of rotatable bonds is 5. The first-order chi connectivity index (χ1) is 11.4. The maximum atomic E-state index is 12.6. The SMILES string of the molecule is COC(=O)C1=C(C)NC(=O)N[C@H]1c1ccc(OC)c(OC(F)F)c1. The van der Waals surface area contributed by atoms with Crippen LogP contribution < -0.4 is 20.1 Å². The first kappa shape index (κ1) is 17.5. The normalized spacial score (nSPS) is 17.2. The summed E-state index contributed by atoms with van der Waals surface area (Å²) in [5, 5.41) is 5.02. The lowest BCUT2D eigenvalue weighted by Crippen LogP contribution is -2.45. The number of esters is 1. The average Bonchev–Trinajstić information content (AvgIpc) is 2.52. The number of hydrogen-bond donors (Lipinski definition) is 2. The molecule has 9 heteroatoms. The molecule has 0 spiro atoms. The average molecular weight is 342 g/mol. The molecule has 1 aromatic rings. The fraction of sp³-hybridized carbons (Fsp3) is 0.333. The van der Waals surface area contributed by atoms with Gasteiger partial charge < -0.3 is 24.8 Å². The van der Waals surface area contributed by atoms with Crippen LogP contribution in [0, 0.1) is 0 Å². The highest BCUT2D eigenvalue weighted by Crippen LogP contribution is 2.35. The van der Waals surface area contributed by atoms with Crippen molar-refractivity contribution in [2.24, 2.45) is 0 Å². The Bertz CT molecular complexity index is 690. The van der Waals surface area contributed by atoms with Crippen molar-refractivity contribution in [2.45, 2.75) is 19.6 Å². The smallest absolute Gasteiger partial charge is 0.387 e. The van der Waals surface area contributed by atoms with Crippen LogP contribution in [0.3, 0.4) is 0 Å². The molecule has 2 N–H and O–H groups in total. The Labute approximate surface area is 136 Å². The van der Waals surface area contributed by atoms with Crippen molar-refractivity contribution >= 4 is 12.0 Å². The number of benzene rings is 1. The van der Waals surface area contributed by atoms with Crippen LogP contribution in [0.1, 0.15) is 18.5 Å². The van der Waals surface area contributed by atoms with Gasteiger partial charge in [0.15, 0.2) is 11.5 Å². The monoisotopic (exact) mass is 342 g/mol. The van der Waals surface area contributed by atoms with Gasteiger partial charge in [0.05, 0.1) is 25.8 Å². The van der Waals surface area contributed by atoms with E-state index < -0.39 is 24.7 Å². The van der Waals surface area contributed by atoms with Crippen LogP contribution in [0.5, 0.6) is 11.5 Å². The molecule has 1 aliphatic rings. The topological polar surface area (TPSA) is 85.9 Å². The number of carbonyl (C=O) groups excluding carboxylic acids is 2. The fourth-order valence-corrected chi connectivity index (χ4v) is 2.39. The van der Waals surface area contributed by atoms with Gasteiger partial charge >= 0.3 is 18.6 Å². The lowest BCUT2D eigenvalue weighted by molar-refractivity contribution is -0.136. The van der Waals surface area contributed by atoms with E-state index in [4.69, 9.17) is 9.47 Å². The Kier molecular flexibility index (Phi) is 5.22. The van der Waals surface area contributed by atoms with Crippen molar-refractivity contribution in [3.8, 4) is 11.5 Å². The van der Waals surface area contributed by atoms with E-state index in [0.717, 1.165) is 0 Å². The van der Waals surface area contributed by atoms with Crippen molar-refractivity contribution in [3.63, 3.8) is 0 Å². The molecule has 2 amide bonds. The lowest BCUT2D eigenvalue weighted by atomic mass is 9.95. The van der Waals surface area contributed by atoms with E-state index in [9.17, 15) is 18.4 Å². The number of halogens is 2. The van der Waals surface area contributed by atoms with Gasteiger partial charge in [-0.2, -0.15) is 8.78 Å². The van der Waals surface area contributed by atoms with Gasteiger partial charge in [-0.15, -0.1) is 0 Å². The minimum atomic E-state index is -3.05. The number of carbonyl (C=O) groups is 2. The van der Waals surface area contributed by atoms with Gasteiger partial charge in [-0.25, -0.2) is 9.59 Å². The molecule has 0 fully saturated rings. The Balaban J connectivity index is 2.49. The number of amides is 2. The second-order valence-corrected chi connectivity index (χ2v) is 4.85.